The maximum Gasteiger partial charge on any atom is 0.226 e. The van der Waals surface area contributed by atoms with Crippen molar-refractivity contribution in [1.82, 2.24) is 10.6 Å². The first-order chi connectivity index (χ1) is 8.26. The van der Waals surface area contributed by atoms with Crippen LogP contribution >= 0.6 is 12.4 Å². The van der Waals surface area contributed by atoms with Gasteiger partial charge in [-0.1, -0.05) is 19.3 Å². The molecule has 1 aliphatic heterocycles. The van der Waals surface area contributed by atoms with Crippen LogP contribution in [0.15, 0.2) is 0 Å². The van der Waals surface area contributed by atoms with Crippen molar-refractivity contribution in [3.8, 4) is 0 Å². The Balaban J connectivity index is 0.00000162. The predicted octanol–water partition coefficient (Wildman–Crippen LogP) is 1.48. The predicted molar refractivity (Wildman–Crippen MR) is 74.1 cm³/mol. The van der Waals surface area contributed by atoms with Crippen LogP contribution in [0.5, 0.6) is 0 Å². The number of carbonyl (C=O) groups is 1. The molecule has 2 aliphatic rings. The second-order valence-corrected chi connectivity index (χ2v) is 5.32. The van der Waals surface area contributed by atoms with E-state index in [9.17, 15) is 4.79 Å². The van der Waals surface area contributed by atoms with E-state index in [2.05, 4.69) is 10.6 Å². The first kappa shape index (κ1) is 15.7. The molecule has 0 aromatic heterocycles. The normalized spacial score (nSPS) is 22.7. The number of nitrogens with one attached hydrogen (secondary N) is 2. The molecule has 0 spiro atoms. The molecule has 2 fully saturated rings. The van der Waals surface area contributed by atoms with E-state index in [1.165, 1.54) is 19.3 Å². The third-order valence-electron chi connectivity index (χ3n) is 3.93. The van der Waals surface area contributed by atoms with Crippen molar-refractivity contribution in [2.45, 2.75) is 44.6 Å². The molecular weight excluding hydrogens is 252 g/mol. The second kappa shape index (κ2) is 7.31. The molecule has 0 aromatic rings. The summed E-state index contributed by atoms with van der Waals surface area (Å²) in [6, 6.07) is 0. The van der Waals surface area contributed by atoms with Crippen molar-refractivity contribution >= 4 is 18.3 Å². The fraction of sp³-hybridized carbons (Fsp3) is 0.923. The Morgan fingerprint density at radius 2 is 2.00 bits per heavy atom. The highest BCUT2D eigenvalue weighted by molar-refractivity contribution is 5.85. The molecule has 2 rings (SSSR count). The van der Waals surface area contributed by atoms with Crippen molar-refractivity contribution in [3.63, 3.8) is 0 Å². The highest BCUT2D eigenvalue weighted by atomic mass is 35.5. The van der Waals surface area contributed by atoms with Gasteiger partial charge in [0.1, 0.15) is 0 Å². The van der Waals surface area contributed by atoms with Crippen molar-refractivity contribution in [1.29, 1.82) is 0 Å². The zero-order valence-electron chi connectivity index (χ0n) is 11.2. The van der Waals surface area contributed by atoms with Crippen molar-refractivity contribution in [2.24, 2.45) is 5.92 Å². The topological polar surface area (TPSA) is 50.4 Å². The van der Waals surface area contributed by atoms with E-state index in [0.717, 1.165) is 32.5 Å². The smallest absolute Gasteiger partial charge is 0.226 e. The second-order valence-electron chi connectivity index (χ2n) is 5.32. The fourth-order valence-corrected chi connectivity index (χ4v) is 2.67. The molecule has 0 unspecified atom stereocenters. The van der Waals surface area contributed by atoms with Crippen LogP contribution in [0.2, 0.25) is 0 Å². The summed E-state index contributed by atoms with van der Waals surface area (Å²) in [4.78, 5) is 12.1. The van der Waals surface area contributed by atoms with E-state index in [1.807, 2.05) is 6.92 Å². The lowest BCUT2D eigenvalue weighted by atomic mass is 9.81. The van der Waals surface area contributed by atoms with Gasteiger partial charge in [-0.2, -0.15) is 0 Å². The SMILES string of the molecule is CCOCC1(NC(=O)C2CNC2)CCCCC1.Cl. The summed E-state index contributed by atoms with van der Waals surface area (Å²) in [6.07, 6.45) is 5.83. The van der Waals surface area contributed by atoms with Gasteiger partial charge in [0.25, 0.3) is 0 Å². The third kappa shape index (κ3) is 3.84. The summed E-state index contributed by atoms with van der Waals surface area (Å²) in [6.45, 7) is 5.07. The van der Waals surface area contributed by atoms with Crippen LogP contribution < -0.4 is 10.6 Å². The maximum atomic E-state index is 12.1. The van der Waals surface area contributed by atoms with Gasteiger partial charge < -0.3 is 15.4 Å². The quantitative estimate of drug-likeness (QED) is 0.800. The Labute approximate surface area is 116 Å². The van der Waals surface area contributed by atoms with Gasteiger partial charge in [0.05, 0.1) is 18.1 Å². The Kier molecular flexibility index (Phi) is 6.39. The molecule has 1 aliphatic carbocycles. The summed E-state index contributed by atoms with van der Waals surface area (Å²) >= 11 is 0. The highest BCUT2D eigenvalue weighted by Gasteiger charge is 2.36. The highest BCUT2D eigenvalue weighted by Crippen LogP contribution is 2.29. The Morgan fingerprint density at radius 3 is 2.50 bits per heavy atom. The van der Waals surface area contributed by atoms with Crippen LogP contribution in [0.4, 0.5) is 0 Å². The first-order valence-corrected chi connectivity index (χ1v) is 6.86. The van der Waals surface area contributed by atoms with Crippen molar-refractivity contribution < 1.29 is 9.53 Å². The summed E-state index contributed by atoms with van der Waals surface area (Å²) in [7, 11) is 0. The van der Waals surface area contributed by atoms with E-state index in [4.69, 9.17) is 4.74 Å². The molecule has 1 saturated heterocycles. The molecule has 1 saturated carbocycles. The van der Waals surface area contributed by atoms with Crippen molar-refractivity contribution in [3.05, 3.63) is 0 Å². The molecule has 4 nitrogen and oxygen atoms in total. The Morgan fingerprint density at radius 1 is 1.33 bits per heavy atom. The van der Waals surface area contributed by atoms with Crippen LogP contribution in [-0.2, 0) is 9.53 Å². The molecule has 0 radical (unpaired) electrons. The minimum absolute atomic E-state index is 0. The van der Waals surface area contributed by atoms with E-state index in [1.54, 1.807) is 0 Å². The number of rotatable bonds is 5. The van der Waals surface area contributed by atoms with Gasteiger partial charge >= 0.3 is 0 Å². The van der Waals surface area contributed by atoms with Crippen LogP contribution in [0.1, 0.15) is 39.0 Å². The Bertz CT molecular complexity index is 264. The number of carbonyl (C=O) groups excluding carboxylic acids is 1. The van der Waals surface area contributed by atoms with Crippen LogP contribution in [0.25, 0.3) is 0 Å². The average molecular weight is 277 g/mol. The monoisotopic (exact) mass is 276 g/mol. The van der Waals surface area contributed by atoms with Crippen molar-refractivity contribution in [2.75, 3.05) is 26.3 Å². The standard InChI is InChI=1S/C13H24N2O2.ClH/c1-2-17-10-13(6-4-3-5-7-13)15-12(16)11-8-14-9-11;/h11,14H,2-10H2,1H3,(H,15,16);1H. The minimum atomic E-state index is -0.0824. The minimum Gasteiger partial charge on any atom is -0.379 e. The van der Waals surface area contributed by atoms with E-state index >= 15 is 0 Å². The van der Waals surface area contributed by atoms with E-state index < -0.39 is 0 Å². The number of amides is 1. The molecular formula is C13H25ClN2O2. The lowest BCUT2D eigenvalue weighted by Gasteiger charge is -2.40. The molecule has 0 bridgehead atoms. The third-order valence-corrected chi connectivity index (χ3v) is 3.93. The van der Waals surface area contributed by atoms with Gasteiger partial charge in [-0.25, -0.2) is 0 Å². The zero-order chi connectivity index (χ0) is 12.1. The largest absolute Gasteiger partial charge is 0.379 e. The lowest BCUT2D eigenvalue weighted by Crippen LogP contribution is -2.59. The zero-order valence-corrected chi connectivity index (χ0v) is 12.0. The molecule has 106 valence electrons. The maximum absolute atomic E-state index is 12.1. The molecule has 5 heteroatoms. The van der Waals surface area contributed by atoms with Gasteiger partial charge in [0.2, 0.25) is 5.91 Å². The Hall–Kier alpha value is -0.320. The number of hydrogen-bond donors (Lipinski definition) is 2. The number of ether oxygens (including phenoxy) is 1. The number of halogens is 1. The first-order valence-electron chi connectivity index (χ1n) is 6.86. The summed E-state index contributed by atoms with van der Waals surface area (Å²) in [5, 5.41) is 6.41. The lowest BCUT2D eigenvalue weighted by molar-refractivity contribution is -0.130. The van der Waals surface area contributed by atoms with Gasteiger partial charge in [0.15, 0.2) is 0 Å². The van der Waals surface area contributed by atoms with E-state index in [-0.39, 0.29) is 29.8 Å². The van der Waals surface area contributed by atoms with Crippen LogP contribution in [0.3, 0.4) is 0 Å². The molecule has 0 atom stereocenters. The molecule has 1 amide bonds. The van der Waals surface area contributed by atoms with Crippen LogP contribution in [0, 0.1) is 5.92 Å². The molecule has 2 N–H and O–H groups in total. The van der Waals surface area contributed by atoms with Gasteiger partial charge in [0, 0.05) is 19.7 Å². The molecule has 1 heterocycles. The summed E-state index contributed by atoms with van der Waals surface area (Å²) in [5.74, 6) is 0.390. The summed E-state index contributed by atoms with van der Waals surface area (Å²) < 4.78 is 5.58. The average Bonchev–Trinajstić information content (AvgIpc) is 2.25. The van der Waals surface area contributed by atoms with Gasteiger partial charge in [-0.05, 0) is 19.8 Å². The summed E-state index contributed by atoms with van der Waals surface area (Å²) in [5.41, 5.74) is -0.0824. The fourth-order valence-electron chi connectivity index (χ4n) is 2.67. The molecule has 0 aromatic carbocycles. The number of hydrogen-bond acceptors (Lipinski definition) is 3. The van der Waals surface area contributed by atoms with Gasteiger partial charge in [-0.3, -0.25) is 4.79 Å². The van der Waals surface area contributed by atoms with Gasteiger partial charge in [-0.15, -0.1) is 12.4 Å². The van der Waals surface area contributed by atoms with E-state index in [0.29, 0.717) is 6.61 Å². The molecule has 18 heavy (non-hydrogen) atoms. The van der Waals surface area contributed by atoms with Crippen LogP contribution in [-0.4, -0.2) is 37.7 Å².